The topological polar surface area (TPSA) is 234 Å². The van der Waals surface area contributed by atoms with Gasteiger partial charge in [-0.05, 0) is 75.6 Å². The summed E-state index contributed by atoms with van der Waals surface area (Å²) < 4.78 is 34.9. The van der Waals surface area contributed by atoms with Crippen LogP contribution in [-0.2, 0) is 38.1 Å². The number of esters is 3. The number of benzene rings is 2. The molecular formula is C44H55NO15. The van der Waals surface area contributed by atoms with Crippen LogP contribution in [0.5, 0.6) is 5.75 Å². The quantitative estimate of drug-likeness (QED) is 0.139. The van der Waals surface area contributed by atoms with Gasteiger partial charge in [-0.3, -0.25) is 9.59 Å². The Balaban J connectivity index is 1.49. The summed E-state index contributed by atoms with van der Waals surface area (Å²) in [6.45, 7) is 11.7. The van der Waals surface area contributed by atoms with Crippen molar-refractivity contribution < 1.29 is 72.8 Å². The van der Waals surface area contributed by atoms with Crippen molar-refractivity contribution in [2.45, 2.75) is 128 Å². The van der Waals surface area contributed by atoms with Crippen LogP contribution in [0.15, 0.2) is 65.7 Å². The minimum atomic E-state index is -2.37. The number of hydrogen-bond acceptors (Lipinski definition) is 15. The fourth-order valence-electron chi connectivity index (χ4n) is 9.73. The Morgan fingerprint density at radius 2 is 1.65 bits per heavy atom. The molecule has 3 aliphatic carbocycles. The van der Waals surface area contributed by atoms with Crippen molar-refractivity contribution in [2.75, 3.05) is 13.7 Å². The first-order valence-corrected chi connectivity index (χ1v) is 19.9. The van der Waals surface area contributed by atoms with Crippen molar-refractivity contribution in [3.05, 3.63) is 76.9 Å². The van der Waals surface area contributed by atoms with Crippen molar-refractivity contribution >= 4 is 29.8 Å². The van der Waals surface area contributed by atoms with E-state index in [1.807, 2.05) is 0 Å². The second-order valence-electron chi connectivity index (χ2n) is 17.9. The number of ether oxygens (including phenoxy) is 6. The van der Waals surface area contributed by atoms with E-state index >= 15 is 0 Å². The molecule has 16 nitrogen and oxygen atoms in total. The van der Waals surface area contributed by atoms with Gasteiger partial charge in [-0.25, -0.2) is 14.4 Å². The second-order valence-corrected chi connectivity index (χ2v) is 17.9. The number of alkyl carbamates (subject to hydrolysis) is 1. The number of methoxy groups -OCH3 is 1. The molecule has 1 amide bonds. The molecule has 1 aliphatic heterocycles. The van der Waals surface area contributed by atoms with Gasteiger partial charge >= 0.3 is 24.0 Å². The van der Waals surface area contributed by atoms with E-state index in [0.29, 0.717) is 5.75 Å². The Bertz CT molecular complexity index is 2060. The van der Waals surface area contributed by atoms with E-state index in [9.17, 15) is 44.4 Å². The molecule has 0 radical (unpaired) electrons. The third-order valence-electron chi connectivity index (χ3n) is 12.9. The van der Waals surface area contributed by atoms with Gasteiger partial charge < -0.3 is 54.2 Å². The number of ketones is 1. The summed E-state index contributed by atoms with van der Waals surface area (Å²) in [5, 5.41) is 51.8. The van der Waals surface area contributed by atoms with Gasteiger partial charge in [-0.1, -0.05) is 44.2 Å². The third-order valence-corrected chi connectivity index (χ3v) is 12.9. The van der Waals surface area contributed by atoms with Crippen LogP contribution >= 0.6 is 0 Å². The van der Waals surface area contributed by atoms with Gasteiger partial charge in [-0.2, -0.15) is 0 Å². The number of carbonyl (C=O) groups excluding carboxylic acids is 5. The van der Waals surface area contributed by atoms with Gasteiger partial charge in [0, 0.05) is 25.2 Å². The number of rotatable bonds is 9. The molecule has 16 heteroatoms. The number of Topliss-reactive ketones (excluding diaryl/α,β-unsaturated/α-hetero) is 1. The molecule has 1 heterocycles. The van der Waals surface area contributed by atoms with Gasteiger partial charge in [0.25, 0.3) is 0 Å². The van der Waals surface area contributed by atoms with Crippen LogP contribution in [-0.4, -0.2) is 117 Å². The predicted octanol–water partition coefficient (Wildman–Crippen LogP) is 3.27. The van der Waals surface area contributed by atoms with Gasteiger partial charge in [0.2, 0.25) is 0 Å². The maximum atomic E-state index is 15.0. The van der Waals surface area contributed by atoms with Crippen molar-refractivity contribution in [1.82, 2.24) is 5.32 Å². The number of aliphatic hydroxyl groups excluding tert-OH is 3. The lowest BCUT2D eigenvalue weighted by Gasteiger charge is -2.67. The van der Waals surface area contributed by atoms with Crippen molar-refractivity contribution in [3.63, 3.8) is 0 Å². The molecule has 326 valence electrons. The molecule has 1 saturated heterocycles. The van der Waals surface area contributed by atoms with Crippen molar-refractivity contribution in [1.29, 1.82) is 0 Å². The Labute approximate surface area is 348 Å². The highest BCUT2D eigenvalue weighted by Crippen LogP contribution is 2.64. The van der Waals surface area contributed by atoms with Crippen LogP contribution in [0.25, 0.3) is 0 Å². The lowest BCUT2D eigenvalue weighted by molar-refractivity contribution is -0.346. The Kier molecular flexibility index (Phi) is 11.8. The first-order valence-electron chi connectivity index (χ1n) is 19.9. The second kappa shape index (κ2) is 15.9. The molecule has 2 bridgehead atoms. The first kappa shape index (κ1) is 44.7. The van der Waals surface area contributed by atoms with Crippen LogP contribution in [0.1, 0.15) is 90.2 Å². The summed E-state index contributed by atoms with van der Waals surface area (Å²) in [5.74, 6) is -5.09. The molecule has 3 fully saturated rings. The predicted molar refractivity (Wildman–Crippen MR) is 210 cm³/mol. The highest BCUT2D eigenvalue weighted by Gasteiger charge is 2.78. The number of fused-ring (bicyclic) bond motifs is 5. The van der Waals surface area contributed by atoms with Crippen molar-refractivity contribution in [3.8, 4) is 5.75 Å². The molecule has 11 atom stereocenters. The zero-order valence-electron chi connectivity index (χ0n) is 35.2. The molecule has 0 spiro atoms. The van der Waals surface area contributed by atoms with Crippen LogP contribution in [0.4, 0.5) is 4.79 Å². The maximum absolute atomic E-state index is 15.0. The zero-order valence-corrected chi connectivity index (χ0v) is 35.2. The normalized spacial score (nSPS) is 32.9. The Hall–Kier alpha value is -4.87. The standard InChI is InChI=1S/C44H55NO15/c1-22-27(57-38(52)33(49)31(45-39(53)60-40(3,4)5)25-16-13-17-26(18-25)55-9)20-44(54)36(58-37(51)24-14-11-10-12-15-24)34-42(8,35(50)32(48)30(22)41(44,6)7)28(47)19-29-43(34,21-56-29)59-23(2)46/h10-18,27-29,31-34,36,47-49,54H,19-21H2,1-9H3,(H,45,53)/t27-,28-,29+,31-,32+,33+,34-,36-,42+,43-,44+/m0/s1. The smallest absolute Gasteiger partial charge is 0.408 e. The summed E-state index contributed by atoms with van der Waals surface area (Å²) in [6, 6.07) is 12.6. The van der Waals surface area contributed by atoms with Gasteiger partial charge in [-0.15, -0.1) is 0 Å². The highest BCUT2D eigenvalue weighted by atomic mass is 16.6. The molecule has 4 aliphatic rings. The van der Waals surface area contributed by atoms with E-state index in [4.69, 9.17) is 28.4 Å². The third kappa shape index (κ3) is 7.46. The number of carbonyl (C=O) groups is 5. The van der Waals surface area contributed by atoms with E-state index in [2.05, 4.69) is 5.32 Å². The van der Waals surface area contributed by atoms with Gasteiger partial charge in [0.1, 0.15) is 41.4 Å². The Morgan fingerprint density at radius 1 is 0.983 bits per heavy atom. The maximum Gasteiger partial charge on any atom is 0.408 e. The molecule has 6 rings (SSSR count). The fourth-order valence-corrected chi connectivity index (χ4v) is 9.73. The van der Waals surface area contributed by atoms with E-state index in [-0.39, 0.29) is 35.3 Å². The van der Waals surface area contributed by atoms with Crippen molar-refractivity contribution in [2.24, 2.45) is 16.7 Å². The average molecular weight is 838 g/mol. The molecule has 2 aromatic rings. The summed E-state index contributed by atoms with van der Waals surface area (Å²) in [5.41, 5.74) is -8.36. The van der Waals surface area contributed by atoms with Gasteiger partial charge in [0.15, 0.2) is 17.5 Å². The number of nitrogens with one attached hydrogen (secondary N) is 1. The van der Waals surface area contributed by atoms with Crippen LogP contribution in [0.3, 0.4) is 0 Å². The summed E-state index contributed by atoms with van der Waals surface area (Å²) in [4.78, 5) is 69.3. The van der Waals surface area contributed by atoms with E-state index in [1.54, 1.807) is 51.1 Å². The summed E-state index contributed by atoms with van der Waals surface area (Å²) in [7, 11) is 1.42. The van der Waals surface area contributed by atoms with Gasteiger partial charge in [0.05, 0.1) is 42.8 Å². The minimum absolute atomic E-state index is 0.0725. The van der Waals surface area contributed by atoms with E-state index in [1.165, 1.54) is 59.1 Å². The minimum Gasteiger partial charge on any atom is -0.497 e. The molecule has 60 heavy (non-hydrogen) atoms. The number of hydrogen-bond donors (Lipinski definition) is 5. The fraction of sp³-hybridized carbons (Fsp3) is 0.568. The summed E-state index contributed by atoms with van der Waals surface area (Å²) >= 11 is 0. The molecule has 0 unspecified atom stereocenters. The monoisotopic (exact) mass is 837 g/mol. The van der Waals surface area contributed by atoms with E-state index in [0.717, 1.165) is 6.92 Å². The zero-order chi connectivity index (χ0) is 44.3. The first-order chi connectivity index (χ1) is 27.9. The molecule has 0 aromatic heterocycles. The lowest BCUT2D eigenvalue weighted by atomic mass is 9.44. The Morgan fingerprint density at radius 3 is 2.23 bits per heavy atom. The molecule has 2 aromatic carbocycles. The number of amides is 1. The number of aliphatic hydroxyl groups is 4. The van der Waals surface area contributed by atoms with Crippen LogP contribution in [0, 0.1) is 16.7 Å². The largest absolute Gasteiger partial charge is 0.497 e. The highest BCUT2D eigenvalue weighted by molar-refractivity contribution is 5.94. The molecule has 5 N–H and O–H groups in total. The van der Waals surface area contributed by atoms with Crippen LogP contribution < -0.4 is 10.1 Å². The molecular weight excluding hydrogens is 782 g/mol. The van der Waals surface area contributed by atoms with E-state index < -0.39 is 112 Å². The molecule has 2 saturated carbocycles. The van der Waals surface area contributed by atoms with Crippen LogP contribution in [0.2, 0.25) is 0 Å². The lowest BCUT2D eigenvalue weighted by Crippen LogP contribution is -2.81. The SMILES string of the molecule is COc1cccc([C@H](NC(=O)OC(C)(C)C)[C@@H](O)C(=O)O[C@H]2C[C@@]3(O)[C@@H](OC(=O)c4ccccc4)[C@@H]4[C@]5(OC(C)=O)CO[C@@H]5C[C@H](O)[C@@]4(C)C(=O)[C@H](O)C(=C2C)C3(C)C)c1. The summed E-state index contributed by atoms with van der Waals surface area (Å²) in [6.07, 6.45) is -11.7. The average Bonchev–Trinajstić information content (AvgIpc) is 3.17.